The van der Waals surface area contributed by atoms with Gasteiger partial charge in [0.2, 0.25) is 0 Å². The average Bonchev–Trinajstić information content (AvgIpc) is 2.28. The Labute approximate surface area is 113 Å². The minimum Gasteiger partial charge on any atom is -0.329 e. The van der Waals surface area contributed by atoms with E-state index >= 15 is 0 Å². The van der Waals surface area contributed by atoms with Crippen molar-refractivity contribution in [1.29, 1.82) is 0 Å². The molecule has 0 heterocycles. The van der Waals surface area contributed by atoms with Gasteiger partial charge in [-0.2, -0.15) is 0 Å². The summed E-state index contributed by atoms with van der Waals surface area (Å²) < 4.78 is 0. The van der Waals surface area contributed by atoms with Gasteiger partial charge >= 0.3 is 0 Å². The lowest BCUT2D eigenvalue weighted by Crippen LogP contribution is -2.41. The van der Waals surface area contributed by atoms with Crippen LogP contribution >= 0.6 is 0 Å². The predicted molar refractivity (Wildman–Crippen MR) is 77.4 cm³/mol. The average molecular weight is 253 g/mol. The van der Waals surface area contributed by atoms with Crippen LogP contribution in [0.2, 0.25) is 0 Å². The van der Waals surface area contributed by atoms with E-state index < -0.39 is 0 Å². The Morgan fingerprint density at radius 3 is 2.28 bits per heavy atom. The highest BCUT2D eigenvalue weighted by Crippen LogP contribution is 2.40. The quantitative estimate of drug-likeness (QED) is 0.806. The van der Waals surface area contributed by atoms with E-state index in [0.717, 1.165) is 38.0 Å². The molecule has 0 aliphatic heterocycles. The lowest BCUT2D eigenvalue weighted by molar-refractivity contribution is -0.130. The molecule has 1 saturated carbocycles. The maximum atomic E-state index is 12.5. The van der Waals surface area contributed by atoms with E-state index in [1.165, 1.54) is 12.8 Å². The first-order valence-corrected chi connectivity index (χ1v) is 7.52. The second-order valence-electron chi connectivity index (χ2n) is 7.50. The van der Waals surface area contributed by atoms with E-state index in [0.29, 0.717) is 17.7 Å². The molecule has 1 aliphatic carbocycles. The van der Waals surface area contributed by atoms with Gasteiger partial charge in [0.1, 0.15) is 5.78 Å². The number of Topliss-reactive ketones (excluding diaryl/α,β-unsaturated/α-hetero) is 1. The van der Waals surface area contributed by atoms with Crippen molar-refractivity contribution in [3.05, 3.63) is 0 Å². The van der Waals surface area contributed by atoms with Crippen molar-refractivity contribution in [3.63, 3.8) is 0 Å². The number of hydrogen-bond acceptors (Lipinski definition) is 2. The van der Waals surface area contributed by atoms with Crippen molar-refractivity contribution >= 4 is 5.78 Å². The molecule has 106 valence electrons. The fraction of sp³-hybridized carbons (Fsp3) is 0.938. The zero-order valence-corrected chi connectivity index (χ0v) is 12.7. The van der Waals surface area contributed by atoms with Crippen LogP contribution in [0.15, 0.2) is 0 Å². The minimum atomic E-state index is -0.176. The zero-order chi connectivity index (χ0) is 13.8. The summed E-state index contributed by atoms with van der Waals surface area (Å²) in [6.07, 6.45) is 7.22. The monoisotopic (exact) mass is 253 g/mol. The summed E-state index contributed by atoms with van der Waals surface area (Å²) >= 11 is 0. The number of hydrogen-bond donors (Lipinski definition) is 1. The molecule has 2 nitrogen and oxygen atoms in total. The summed E-state index contributed by atoms with van der Waals surface area (Å²) in [5, 5.41) is 0. The topological polar surface area (TPSA) is 43.1 Å². The first-order valence-electron chi connectivity index (χ1n) is 7.52. The summed E-state index contributed by atoms with van der Waals surface area (Å²) in [7, 11) is 0. The van der Waals surface area contributed by atoms with Crippen molar-refractivity contribution in [3.8, 4) is 0 Å². The van der Waals surface area contributed by atoms with Crippen LogP contribution in [0.4, 0.5) is 0 Å². The summed E-state index contributed by atoms with van der Waals surface area (Å²) in [6, 6.07) is 0. The van der Waals surface area contributed by atoms with Gasteiger partial charge in [0.25, 0.3) is 0 Å². The SMILES string of the molecule is CC1CCC(CN)(C(=O)CCCC(C)(C)C)CC1. The first kappa shape index (κ1) is 15.7. The molecule has 0 aromatic carbocycles. The molecule has 2 N–H and O–H groups in total. The summed E-state index contributed by atoms with van der Waals surface area (Å²) in [5.74, 6) is 1.20. The standard InChI is InChI=1S/C16H31NO/c1-13-7-10-16(12-17,11-8-13)14(18)6-5-9-15(2,3)4/h13H,5-12,17H2,1-4H3. The molecule has 0 spiro atoms. The first-order chi connectivity index (χ1) is 8.29. The lowest BCUT2D eigenvalue weighted by Gasteiger charge is -2.37. The Kier molecular flexibility index (Phi) is 5.39. The summed E-state index contributed by atoms with van der Waals surface area (Å²) in [4.78, 5) is 12.5. The van der Waals surface area contributed by atoms with Crippen LogP contribution in [-0.4, -0.2) is 12.3 Å². The van der Waals surface area contributed by atoms with E-state index in [4.69, 9.17) is 5.73 Å². The number of rotatable bonds is 5. The Hall–Kier alpha value is -0.370. The Morgan fingerprint density at radius 2 is 1.83 bits per heavy atom. The third-order valence-electron chi connectivity index (χ3n) is 4.54. The van der Waals surface area contributed by atoms with E-state index in [9.17, 15) is 4.79 Å². The molecule has 0 saturated heterocycles. The third kappa shape index (κ3) is 4.38. The molecule has 0 amide bonds. The number of ketones is 1. The maximum absolute atomic E-state index is 12.5. The molecular weight excluding hydrogens is 222 g/mol. The molecule has 0 aromatic rings. The second-order valence-corrected chi connectivity index (χ2v) is 7.50. The van der Waals surface area contributed by atoms with Gasteiger partial charge in [-0.3, -0.25) is 4.79 Å². The van der Waals surface area contributed by atoms with Crippen LogP contribution in [0.25, 0.3) is 0 Å². The molecule has 1 rings (SSSR count). The van der Waals surface area contributed by atoms with Gasteiger partial charge in [-0.1, -0.05) is 27.7 Å². The van der Waals surface area contributed by atoms with Crippen LogP contribution in [0.5, 0.6) is 0 Å². The Bertz CT molecular complexity index is 269. The van der Waals surface area contributed by atoms with Gasteiger partial charge < -0.3 is 5.73 Å². The van der Waals surface area contributed by atoms with E-state index in [1.807, 2.05) is 0 Å². The molecule has 2 heteroatoms. The number of nitrogens with two attached hydrogens (primary N) is 1. The fourth-order valence-corrected chi connectivity index (χ4v) is 2.96. The highest BCUT2D eigenvalue weighted by atomic mass is 16.1. The van der Waals surface area contributed by atoms with E-state index in [2.05, 4.69) is 27.7 Å². The Morgan fingerprint density at radius 1 is 1.28 bits per heavy atom. The van der Waals surface area contributed by atoms with E-state index in [1.54, 1.807) is 0 Å². The largest absolute Gasteiger partial charge is 0.329 e. The van der Waals surface area contributed by atoms with Crippen LogP contribution in [0, 0.1) is 16.7 Å². The minimum absolute atomic E-state index is 0.176. The molecule has 0 aromatic heterocycles. The number of carbonyl (C=O) groups is 1. The van der Waals surface area contributed by atoms with Gasteiger partial charge in [-0.15, -0.1) is 0 Å². The van der Waals surface area contributed by atoms with Gasteiger partial charge in [-0.25, -0.2) is 0 Å². The third-order valence-corrected chi connectivity index (χ3v) is 4.54. The molecule has 0 atom stereocenters. The van der Waals surface area contributed by atoms with Gasteiger partial charge in [-0.05, 0) is 49.9 Å². The molecule has 0 unspecified atom stereocenters. The molecular formula is C16H31NO. The molecule has 0 radical (unpaired) electrons. The highest BCUT2D eigenvalue weighted by molar-refractivity contribution is 5.85. The van der Waals surface area contributed by atoms with Crippen LogP contribution in [0.3, 0.4) is 0 Å². The van der Waals surface area contributed by atoms with Crippen LogP contribution < -0.4 is 5.73 Å². The summed E-state index contributed by atoms with van der Waals surface area (Å²) in [5.41, 5.74) is 6.08. The normalized spacial score (nSPS) is 29.3. The lowest BCUT2D eigenvalue weighted by atomic mass is 9.67. The summed E-state index contributed by atoms with van der Waals surface area (Å²) in [6.45, 7) is 9.54. The Balaban J connectivity index is 2.47. The molecule has 1 fully saturated rings. The van der Waals surface area contributed by atoms with Crippen molar-refractivity contribution in [1.82, 2.24) is 0 Å². The van der Waals surface area contributed by atoms with Crippen LogP contribution in [-0.2, 0) is 4.79 Å². The fourth-order valence-electron chi connectivity index (χ4n) is 2.96. The zero-order valence-electron chi connectivity index (χ0n) is 12.7. The van der Waals surface area contributed by atoms with Gasteiger partial charge in [0, 0.05) is 18.4 Å². The number of carbonyl (C=O) groups excluding carboxylic acids is 1. The second kappa shape index (κ2) is 6.18. The molecule has 1 aliphatic rings. The molecule has 0 bridgehead atoms. The smallest absolute Gasteiger partial charge is 0.140 e. The van der Waals surface area contributed by atoms with E-state index in [-0.39, 0.29) is 5.41 Å². The molecule has 18 heavy (non-hydrogen) atoms. The highest BCUT2D eigenvalue weighted by Gasteiger charge is 2.38. The van der Waals surface area contributed by atoms with Gasteiger partial charge in [0.05, 0.1) is 0 Å². The van der Waals surface area contributed by atoms with Crippen molar-refractivity contribution in [2.24, 2.45) is 22.5 Å². The van der Waals surface area contributed by atoms with Crippen molar-refractivity contribution in [2.75, 3.05) is 6.54 Å². The maximum Gasteiger partial charge on any atom is 0.140 e. The van der Waals surface area contributed by atoms with Crippen LogP contribution in [0.1, 0.15) is 72.6 Å². The van der Waals surface area contributed by atoms with Crippen molar-refractivity contribution in [2.45, 2.75) is 72.6 Å². The van der Waals surface area contributed by atoms with Gasteiger partial charge in [0.15, 0.2) is 0 Å². The van der Waals surface area contributed by atoms with Crippen molar-refractivity contribution < 1.29 is 4.79 Å². The predicted octanol–water partition coefficient (Wildman–Crippen LogP) is 3.93.